The van der Waals surface area contributed by atoms with Gasteiger partial charge in [0.15, 0.2) is 0 Å². The van der Waals surface area contributed by atoms with Gasteiger partial charge in [0.25, 0.3) is 0 Å². The van der Waals surface area contributed by atoms with Gasteiger partial charge in [0.2, 0.25) is 0 Å². The van der Waals surface area contributed by atoms with Crippen molar-refractivity contribution >= 4 is 5.97 Å². The first-order valence-corrected chi connectivity index (χ1v) is 6.24. The fourth-order valence-corrected chi connectivity index (χ4v) is 1.79. The predicted molar refractivity (Wildman–Crippen MR) is 63.9 cm³/mol. The standard InChI is InChI=1S/C12H23NO4/c1-12(13,11(14)15)6-2-3-7-16-9-10-5-4-8-17-10/h10H,2-9,13H2,1H3,(H,14,15). The predicted octanol–water partition coefficient (Wildman–Crippen LogP) is 1.15. The van der Waals surface area contributed by atoms with Gasteiger partial charge < -0.3 is 20.3 Å². The van der Waals surface area contributed by atoms with E-state index >= 15 is 0 Å². The Bertz CT molecular complexity index is 237. The molecule has 0 aromatic rings. The summed E-state index contributed by atoms with van der Waals surface area (Å²) in [6.07, 6.45) is 4.55. The van der Waals surface area contributed by atoms with Crippen molar-refractivity contribution in [2.75, 3.05) is 19.8 Å². The zero-order chi connectivity index (χ0) is 12.7. The second kappa shape index (κ2) is 6.93. The van der Waals surface area contributed by atoms with E-state index in [2.05, 4.69) is 0 Å². The van der Waals surface area contributed by atoms with Crippen LogP contribution in [0.5, 0.6) is 0 Å². The molecule has 17 heavy (non-hydrogen) atoms. The van der Waals surface area contributed by atoms with Gasteiger partial charge in [0, 0.05) is 13.2 Å². The minimum Gasteiger partial charge on any atom is -0.480 e. The molecule has 1 aliphatic heterocycles. The summed E-state index contributed by atoms with van der Waals surface area (Å²) in [6.45, 7) is 3.69. The maximum absolute atomic E-state index is 10.7. The van der Waals surface area contributed by atoms with Crippen molar-refractivity contribution in [2.24, 2.45) is 5.73 Å². The maximum Gasteiger partial charge on any atom is 0.323 e. The van der Waals surface area contributed by atoms with Gasteiger partial charge in [-0.1, -0.05) is 0 Å². The lowest BCUT2D eigenvalue weighted by Crippen LogP contribution is -2.44. The molecule has 0 radical (unpaired) electrons. The van der Waals surface area contributed by atoms with Crippen LogP contribution in [0.1, 0.15) is 39.0 Å². The number of hydrogen-bond acceptors (Lipinski definition) is 4. The van der Waals surface area contributed by atoms with Crippen molar-refractivity contribution in [1.82, 2.24) is 0 Å². The van der Waals surface area contributed by atoms with Crippen LogP contribution in [0.3, 0.4) is 0 Å². The molecule has 0 aliphatic carbocycles. The molecule has 2 atom stereocenters. The molecule has 0 bridgehead atoms. The Morgan fingerprint density at radius 3 is 2.94 bits per heavy atom. The van der Waals surface area contributed by atoms with Crippen LogP contribution < -0.4 is 5.73 Å². The van der Waals surface area contributed by atoms with Gasteiger partial charge >= 0.3 is 5.97 Å². The number of ether oxygens (including phenoxy) is 2. The van der Waals surface area contributed by atoms with Gasteiger partial charge in [-0.25, -0.2) is 0 Å². The van der Waals surface area contributed by atoms with Gasteiger partial charge in [-0.3, -0.25) is 4.79 Å². The quantitative estimate of drug-likeness (QED) is 0.627. The third-order valence-corrected chi connectivity index (χ3v) is 3.05. The summed E-state index contributed by atoms with van der Waals surface area (Å²) >= 11 is 0. The van der Waals surface area contributed by atoms with Crippen LogP contribution >= 0.6 is 0 Å². The number of aliphatic carboxylic acids is 1. The molecule has 0 saturated carbocycles. The molecule has 5 nitrogen and oxygen atoms in total. The highest BCUT2D eigenvalue weighted by Gasteiger charge is 2.26. The van der Waals surface area contributed by atoms with Gasteiger partial charge in [0.1, 0.15) is 5.54 Å². The summed E-state index contributed by atoms with van der Waals surface area (Å²) in [6, 6.07) is 0. The summed E-state index contributed by atoms with van der Waals surface area (Å²) in [7, 11) is 0. The third kappa shape index (κ3) is 5.48. The lowest BCUT2D eigenvalue weighted by Gasteiger charge is -2.18. The first-order valence-electron chi connectivity index (χ1n) is 6.24. The van der Waals surface area contributed by atoms with E-state index in [1.165, 1.54) is 0 Å². The molecule has 1 saturated heterocycles. The lowest BCUT2D eigenvalue weighted by atomic mass is 9.97. The highest BCUT2D eigenvalue weighted by molar-refractivity contribution is 5.77. The Balaban J connectivity index is 1.95. The number of rotatable bonds is 8. The van der Waals surface area contributed by atoms with Crippen LogP contribution in [0.4, 0.5) is 0 Å². The molecule has 1 rings (SSSR count). The average Bonchev–Trinajstić information content (AvgIpc) is 2.75. The van der Waals surface area contributed by atoms with E-state index in [1.54, 1.807) is 6.92 Å². The van der Waals surface area contributed by atoms with Gasteiger partial charge in [-0.15, -0.1) is 0 Å². The van der Waals surface area contributed by atoms with E-state index < -0.39 is 11.5 Å². The van der Waals surface area contributed by atoms with E-state index in [1.807, 2.05) is 0 Å². The fraction of sp³-hybridized carbons (Fsp3) is 0.917. The van der Waals surface area contributed by atoms with E-state index in [0.29, 0.717) is 19.6 Å². The Morgan fingerprint density at radius 2 is 2.35 bits per heavy atom. The number of carboxylic acids is 1. The molecule has 2 unspecified atom stereocenters. The van der Waals surface area contributed by atoms with Crippen molar-refractivity contribution in [3.8, 4) is 0 Å². The summed E-state index contributed by atoms with van der Waals surface area (Å²) in [5, 5.41) is 8.81. The first kappa shape index (κ1) is 14.4. The van der Waals surface area contributed by atoms with Crippen LogP contribution in [0.25, 0.3) is 0 Å². The number of unbranched alkanes of at least 4 members (excludes halogenated alkanes) is 1. The van der Waals surface area contributed by atoms with E-state index in [9.17, 15) is 4.79 Å². The molecule has 0 amide bonds. The van der Waals surface area contributed by atoms with Gasteiger partial charge in [-0.2, -0.15) is 0 Å². The number of nitrogens with two attached hydrogens (primary N) is 1. The molecule has 0 spiro atoms. The minimum atomic E-state index is -1.12. The highest BCUT2D eigenvalue weighted by atomic mass is 16.5. The molecular formula is C12H23NO4. The molecule has 0 aromatic carbocycles. The van der Waals surface area contributed by atoms with Crippen LogP contribution in [-0.4, -0.2) is 42.5 Å². The zero-order valence-electron chi connectivity index (χ0n) is 10.5. The molecule has 1 aliphatic rings. The van der Waals surface area contributed by atoms with Gasteiger partial charge in [0.05, 0.1) is 12.7 Å². The minimum absolute atomic E-state index is 0.258. The van der Waals surface area contributed by atoms with Crippen molar-refractivity contribution in [3.63, 3.8) is 0 Å². The lowest BCUT2D eigenvalue weighted by molar-refractivity contribution is -0.142. The largest absolute Gasteiger partial charge is 0.480 e. The van der Waals surface area contributed by atoms with Gasteiger partial charge in [-0.05, 0) is 39.0 Å². The highest BCUT2D eigenvalue weighted by Crippen LogP contribution is 2.13. The van der Waals surface area contributed by atoms with E-state index in [-0.39, 0.29) is 6.10 Å². The maximum atomic E-state index is 10.7. The zero-order valence-corrected chi connectivity index (χ0v) is 10.5. The first-order chi connectivity index (χ1) is 8.02. The van der Waals surface area contributed by atoms with Crippen LogP contribution in [-0.2, 0) is 14.3 Å². The van der Waals surface area contributed by atoms with Crippen LogP contribution in [0.2, 0.25) is 0 Å². The van der Waals surface area contributed by atoms with Crippen molar-refractivity contribution < 1.29 is 19.4 Å². The monoisotopic (exact) mass is 245 g/mol. The summed E-state index contributed by atoms with van der Waals surface area (Å²) < 4.78 is 10.9. The molecule has 5 heteroatoms. The Hall–Kier alpha value is -0.650. The molecule has 0 aromatic heterocycles. The molecule has 100 valence electrons. The Morgan fingerprint density at radius 1 is 1.59 bits per heavy atom. The Labute approximate surface area is 102 Å². The van der Waals surface area contributed by atoms with Crippen LogP contribution in [0.15, 0.2) is 0 Å². The molecule has 1 heterocycles. The van der Waals surface area contributed by atoms with Crippen molar-refractivity contribution in [3.05, 3.63) is 0 Å². The van der Waals surface area contributed by atoms with Crippen molar-refractivity contribution in [1.29, 1.82) is 0 Å². The number of carboxylic acid groups (broad SMARTS) is 1. The topological polar surface area (TPSA) is 81.8 Å². The summed E-state index contributed by atoms with van der Waals surface area (Å²) in [4.78, 5) is 10.7. The summed E-state index contributed by atoms with van der Waals surface area (Å²) in [5.41, 5.74) is 4.50. The average molecular weight is 245 g/mol. The fourth-order valence-electron chi connectivity index (χ4n) is 1.79. The molecular weight excluding hydrogens is 222 g/mol. The summed E-state index contributed by atoms with van der Waals surface area (Å²) in [5.74, 6) is -0.947. The normalized spacial score (nSPS) is 23.5. The second-order valence-corrected chi connectivity index (χ2v) is 4.89. The van der Waals surface area contributed by atoms with Crippen LogP contribution in [0, 0.1) is 0 Å². The smallest absolute Gasteiger partial charge is 0.323 e. The third-order valence-electron chi connectivity index (χ3n) is 3.05. The van der Waals surface area contributed by atoms with E-state index in [4.69, 9.17) is 20.3 Å². The van der Waals surface area contributed by atoms with Crippen molar-refractivity contribution in [2.45, 2.75) is 50.7 Å². The van der Waals surface area contributed by atoms with E-state index in [0.717, 1.165) is 32.3 Å². The molecule has 1 fully saturated rings. The molecule has 3 N–H and O–H groups in total. The number of carbonyl (C=O) groups is 1. The second-order valence-electron chi connectivity index (χ2n) is 4.89. The Kier molecular flexibility index (Phi) is 5.88. The SMILES string of the molecule is CC(N)(CCCCOCC1CCCO1)C(=O)O. The number of hydrogen-bond donors (Lipinski definition) is 2.